The summed E-state index contributed by atoms with van der Waals surface area (Å²) in [6.07, 6.45) is -0.734. The Balaban J connectivity index is 0.000000200. The van der Waals surface area contributed by atoms with E-state index in [1.165, 1.54) is 0 Å². The van der Waals surface area contributed by atoms with Gasteiger partial charge in [-0.2, -0.15) is 5.26 Å². The SMILES string of the molecule is CC(O)Oc1ccccc1.O=C(OO)c1ccccc1. The number of carbonyl (C=O) groups is 1. The first-order valence-corrected chi connectivity index (χ1v) is 5.94. The summed E-state index contributed by atoms with van der Waals surface area (Å²) < 4.78 is 4.97. The minimum Gasteiger partial charge on any atom is -0.465 e. The van der Waals surface area contributed by atoms with E-state index in [4.69, 9.17) is 15.1 Å². The summed E-state index contributed by atoms with van der Waals surface area (Å²) in [4.78, 5) is 14.0. The van der Waals surface area contributed by atoms with E-state index >= 15 is 0 Å². The largest absolute Gasteiger partial charge is 0.465 e. The van der Waals surface area contributed by atoms with Crippen molar-refractivity contribution in [1.82, 2.24) is 0 Å². The average Bonchev–Trinajstić information content (AvgIpc) is 2.48. The first-order chi connectivity index (χ1) is 9.63. The number of aliphatic hydroxyl groups excluding tert-OH is 1. The molecule has 106 valence electrons. The quantitative estimate of drug-likeness (QED) is 0.512. The van der Waals surface area contributed by atoms with Crippen LogP contribution in [0.25, 0.3) is 0 Å². The van der Waals surface area contributed by atoms with Gasteiger partial charge in [-0.15, -0.1) is 0 Å². The van der Waals surface area contributed by atoms with Crippen molar-refractivity contribution in [2.75, 3.05) is 0 Å². The minimum atomic E-state index is -0.736. The first kappa shape index (κ1) is 15.7. The van der Waals surface area contributed by atoms with E-state index in [1.807, 2.05) is 18.2 Å². The predicted octanol–water partition coefficient (Wildman–Crippen LogP) is 2.72. The molecular weight excluding hydrogens is 260 g/mol. The Kier molecular flexibility index (Phi) is 6.81. The summed E-state index contributed by atoms with van der Waals surface area (Å²) in [5, 5.41) is 16.7. The van der Waals surface area contributed by atoms with E-state index in [2.05, 4.69) is 4.89 Å². The molecule has 2 aromatic rings. The molecule has 2 aromatic carbocycles. The highest BCUT2D eigenvalue weighted by molar-refractivity contribution is 5.88. The highest BCUT2D eigenvalue weighted by atomic mass is 17.1. The fourth-order valence-corrected chi connectivity index (χ4v) is 1.32. The Morgan fingerprint density at radius 3 is 1.95 bits per heavy atom. The lowest BCUT2D eigenvalue weighted by atomic mass is 10.2. The molecule has 0 saturated heterocycles. The molecule has 2 N–H and O–H groups in total. The summed E-state index contributed by atoms with van der Waals surface area (Å²) in [6.45, 7) is 1.58. The molecule has 0 fully saturated rings. The van der Waals surface area contributed by atoms with Gasteiger partial charge in [0.25, 0.3) is 0 Å². The van der Waals surface area contributed by atoms with Crippen LogP contribution in [0.15, 0.2) is 60.7 Å². The average molecular weight is 276 g/mol. The van der Waals surface area contributed by atoms with Crippen LogP contribution in [0.4, 0.5) is 0 Å². The fraction of sp³-hybridized carbons (Fsp3) is 0.133. The van der Waals surface area contributed by atoms with Gasteiger partial charge < -0.3 is 9.84 Å². The van der Waals surface area contributed by atoms with Crippen molar-refractivity contribution in [3.63, 3.8) is 0 Å². The summed E-state index contributed by atoms with van der Waals surface area (Å²) in [6, 6.07) is 17.5. The van der Waals surface area contributed by atoms with Crippen LogP contribution >= 0.6 is 0 Å². The smallest absolute Gasteiger partial charge is 0.372 e. The molecule has 20 heavy (non-hydrogen) atoms. The van der Waals surface area contributed by atoms with Gasteiger partial charge in [0.05, 0.1) is 5.56 Å². The highest BCUT2D eigenvalue weighted by Crippen LogP contribution is 2.09. The second kappa shape index (κ2) is 8.68. The molecule has 0 aliphatic rings. The van der Waals surface area contributed by atoms with Gasteiger partial charge in [0.15, 0.2) is 6.29 Å². The topological polar surface area (TPSA) is 76.0 Å². The molecule has 0 amide bonds. The zero-order valence-corrected chi connectivity index (χ0v) is 11.0. The van der Waals surface area contributed by atoms with Crippen LogP contribution in [-0.4, -0.2) is 22.6 Å². The lowest BCUT2D eigenvalue weighted by Crippen LogP contribution is -2.08. The first-order valence-electron chi connectivity index (χ1n) is 5.94. The molecule has 0 aliphatic carbocycles. The fourth-order valence-electron chi connectivity index (χ4n) is 1.32. The van der Waals surface area contributed by atoms with Crippen LogP contribution in [0.1, 0.15) is 17.3 Å². The van der Waals surface area contributed by atoms with Crippen LogP contribution in [-0.2, 0) is 4.89 Å². The van der Waals surface area contributed by atoms with Crippen molar-refractivity contribution in [2.24, 2.45) is 0 Å². The van der Waals surface area contributed by atoms with Crippen molar-refractivity contribution in [1.29, 1.82) is 0 Å². The third-order valence-electron chi connectivity index (χ3n) is 2.14. The zero-order chi connectivity index (χ0) is 14.8. The Hall–Kier alpha value is -2.37. The third kappa shape index (κ3) is 5.99. The number of aliphatic hydroxyl groups is 1. The second-order valence-corrected chi connectivity index (χ2v) is 3.77. The molecule has 0 saturated carbocycles. The predicted molar refractivity (Wildman–Crippen MR) is 73.2 cm³/mol. The van der Waals surface area contributed by atoms with Crippen LogP contribution in [0.5, 0.6) is 5.75 Å². The Morgan fingerprint density at radius 1 is 1.00 bits per heavy atom. The van der Waals surface area contributed by atoms with Crippen molar-refractivity contribution in [3.05, 3.63) is 66.2 Å². The van der Waals surface area contributed by atoms with E-state index in [9.17, 15) is 4.79 Å². The highest BCUT2D eigenvalue weighted by Gasteiger charge is 2.02. The molecule has 0 aliphatic heterocycles. The van der Waals surface area contributed by atoms with Gasteiger partial charge in [-0.1, -0.05) is 36.4 Å². The van der Waals surface area contributed by atoms with Gasteiger partial charge in [0.1, 0.15) is 5.75 Å². The van der Waals surface area contributed by atoms with Crippen molar-refractivity contribution in [2.45, 2.75) is 13.2 Å². The molecule has 5 nitrogen and oxygen atoms in total. The number of rotatable bonds is 3. The maximum atomic E-state index is 10.5. The number of carbonyl (C=O) groups excluding carboxylic acids is 1. The number of ether oxygens (including phenoxy) is 1. The lowest BCUT2D eigenvalue weighted by Gasteiger charge is -2.06. The molecule has 0 bridgehead atoms. The molecule has 5 heteroatoms. The molecule has 2 rings (SSSR count). The molecule has 1 atom stereocenters. The zero-order valence-electron chi connectivity index (χ0n) is 11.0. The number of para-hydroxylation sites is 1. The second-order valence-electron chi connectivity index (χ2n) is 3.77. The van der Waals surface area contributed by atoms with Gasteiger partial charge in [-0.25, -0.2) is 4.79 Å². The van der Waals surface area contributed by atoms with Crippen LogP contribution < -0.4 is 4.74 Å². The summed E-state index contributed by atoms with van der Waals surface area (Å²) in [5.41, 5.74) is 0.338. The lowest BCUT2D eigenvalue weighted by molar-refractivity contribution is -0.182. The number of hydrogen-bond acceptors (Lipinski definition) is 5. The normalized spacial score (nSPS) is 10.8. The maximum Gasteiger partial charge on any atom is 0.372 e. The van der Waals surface area contributed by atoms with Gasteiger partial charge >= 0.3 is 5.97 Å². The molecule has 1 unspecified atom stereocenters. The van der Waals surface area contributed by atoms with Gasteiger partial charge in [0.2, 0.25) is 0 Å². The van der Waals surface area contributed by atoms with Crippen LogP contribution in [0.2, 0.25) is 0 Å². The third-order valence-corrected chi connectivity index (χ3v) is 2.14. The monoisotopic (exact) mass is 276 g/mol. The van der Waals surface area contributed by atoms with Gasteiger partial charge in [-0.3, -0.25) is 4.89 Å². The molecule has 0 heterocycles. The van der Waals surface area contributed by atoms with Crippen LogP contribution in [0, 0.1) is 0 Å². The van der Waals surface area contributed by atoms with Crippen molar-refractivity contribution in [3.8, 4) is 5.75 Å². The van der Waals surface area contributed by atoms with Crippen molar-refractivity contribution < 1.29 is 24.8 Å². The molecule has 0 aromatic heterocycles. The maximum absolute atomic E-state index is 10.5. The van der Waals surface area contributed by atoms with E-state index in [1.54, 1.807) is 49.4 Å². The molecule has 0 spiro atoms. The Labute approximate surface area is 116 Å². The molecule has 0 radical (unpaired) electrons. The van der Waals surface area contributed by atoms with Crippen molar-refractivity contribution >= 4 is 5.97 Å². The Bertz CT molecular complexity index is 496. The van der Waals surface area contributed by atoms with E-state index in [0.717, 1.165) is 0 Å². The Morgan fingerprint density at radius 2 is 1.50 bits per heavy atom. The van der Waals surface area contributed by atoms with Crippen LogP contribution in [0.3, 0.4) is 0 Å². The minimum absolute atomic E-state index is 0.338. The number of hydrogen-bond donors (Lipinski definition) is 2. The standard InChI is InChI=1S/C8H10O2.C7H6O3/c1-7(9)10-8-5-3-2-4-6-8;8-7(10-9)6-4-2-1-3-5-6/h2-7,9H,1H3;1-5,9H. The summed E-state index contributed by atoms with van der Waals surface area (Å²) in [7, 11) is 0. The van der Waals surface area contributed by atoms with Gasteiger partial charge in [0, 0.05) is 0 Å². The summed E-state index contributed by atoms with van der Waals surface area (Å²) >= 11 is 0. The van der Waals surface area contributed by atoms with E-state index < -0.39 is 12.3 Å². The van der Waals surface area contributed by atoms with E-state index in [0.29, 0.717) is 11.3 Å². The summed E-state index contributed by atoms with van der Waals surface area (Å²) in [5.74, 6) is -0.0434. The van der Waals surface area contributed by atoms with Gasteiger partial charge in [-0.05, 0) is 31.2 Å². The van der Waals surface area contributed by atoms with E-state index in [-0.39, 0.29) is 0 Å². The molecular formula is C15H16O5. The number of benzene rings is 2.